The van der Waals surface area contributed by atoms with Crippen molar-refractivity contribution in [1.82, 2.24) is 10.4 Å². The van der Waals surface area contributed by atoms with Crippen molar-refractivity contribution in [1.29, 1.82) is 0 Å². The average molecular weight is 319 g/mol. The molecule has 0 bridgehead atoms. The summed E-state index contributed by atoms with van der Waals surface area (Å²) in [5, 5.41) is 0.930. The number of hydrogen-bond donors (Lipinski definition) is 2. The summed E-state index contributed by atoms with van der Waals surface area (Å²) < 4.78 is 5.18. The Morgan fingerprint density at radius 3 is 2.22 bits per heavy atom. The number of fused-ring (bicyclic) bond motifs is 1. The molecule has 0 aromatic heterocycles. The fourth-order valence-corrected chi connectivity index (χ4v) is 2.21. The zero-order valence-corrected chi connectivity index (χ0v) is 13.5. The SMILES string of the molecule is CC(C)(C)OC(=O)C[C@H](N)CNN1C(=O)c2ccccc2C1=O. The number of ether oxygens (including phenoxy) is 1. The normalized spacial score (nSPS) is 15.6. The molecule has 1 atom stereocenters. The van der Waals surface area contributed by atoms with Crippen LogP contribution in [0.15, 0.2) is 24.3 Å². The topological polar surface area (TPSA) is 102 Å². The quantitative estimate of drug-likeness (QED) is 0.616. The van der Waals surface area contributed by atoms with Gasteiger partial charge in [-0.05, 0) is 32.9 Å². The number of imide groups is 1. The van der Waals surface area contributed by atoms with Gasteiger partial charge >= 0.3 is 5.97 Å². The molecule has 0 saturated carbocycles. The molecule has 0 saturated heterocycles. The highest BCUT2D eigenvalue weighted by molar-refractivity contribution is 6.20. The summed E-state index contributed by atoms with van der Waals surface area (Å²) in [7, 11) is 0. The molecule has 0 fully saturated rings. The molecule has 23 heavy (non-hydrogen) atoms. The van der Waals surface area contributed by atoms with Crippen molar-refractivity contribution < 1.29 is 19.1 Å². The second-order valence-corrected chi connectivity index (χ2v) is 6.40. The summed E-state index contributed by atoms with van der Waals surface area (Å²) in [6.07, 6.45) is -0.00651. The summed E-state index contributed by atoms with van der Waals surface area (Å²) in [5.74, 6) is -1.26. The van der Waals surface area contributed by atoms with Crippen LogP contribution in [0.5, 0.6) is 0 Å². The van der Waals surface area contributed by atoms with Gasteiger partial charge in [0.25, 0.3) is 11.8 Å². The first-order valence-electron chi connectivity index (χ1n) is 7.38. The summed E-state index contributed by atoms with van der Waals surface area (Å²) >= 11 is 0. The number of amides is 2. The van der Waals surface area contributed by atoms with Crippen molar-refractivity contribution in [3.63, 3.8) is 0 Å². The van der Waals surface area contributed by atoms with Crippen molar-refractivity contribution in [2.45, 2.75) is 38.8 Å². The van der Waals surface area contributed by atoms with Crippen LogP contribution in [-0.2, 0) is 9.53 Å². The molecule has 124 valence electrons. The summed E-state index contributed by atoms with van der Waals surface area (Å²) in [5.41, 5.74) is 8.68. The fourth-order valence-electron chi connectivity index (χ4n) is 2.21. The predicted molar refractivity (Wildman–Crippen MR) is 83.4 cm³/mol. The summed E-state index contributed by atoms with van der Waals surface area (Å²) in [4.78, 5) is 36.0. The van der Waals surface area contributed by atoms with Crippen LogP contribution in [0, 0.1) is 0 Å². The lowest BCUT2D eigenvalue weighted by molar-refractivity contribution is -0.155. The lowest BCUT2D eigenvalue weighted by Gasteiger charge is -2.22. The minimum atomic E-state index is -0.577. The highest BCUT2D eigenvalue weighted by Gasteiger charge is 2.35. The average Bonchev–Trinajstić information content (AvgIpc) is 2.67. The number of carbonyl (C=O) groups excluding carboxylic acids is 3. The highest BCUT2D eigenvalue weighted by Crippen LogP contribution is 2.20. The van der Waals surface area contributed by atoms with Crippen LogP contribution < -0.4 is 11.2 Å². The second-order valence-electron chi connectivity index (χ2n) is 6.40. The molecule has 3 N–H and O–H groups in total. The first-order valence-corrected chi connectivity index (χ1v) is 7.38. The molecule has 0 spiro atoms. The molecule has 0 aliphatic carbocycles. The number of hydrogen-bond acceptors (Lipinski definition) is 6. The standard InChI is InChI=1S/C16H21N3O4/c1-16(2,3)23-13(20)8-10(17)9-18-19-14(21)11-6-4-5-7-12(11)15(19)22/h4-7,10,18H,8-9,17H2,1-3H3/t10-/m0/s1. The molecule has 1 aliphatic rings. The Bertz CT molecular complexity index is 601. The van der Waals surface area contributed by atoms with Gasteiger partial charge in [0.05, 0.1) is 17.5 Å². The third-order valence-corrected chi connectivity index (χ3v) is 3.15. The number of hydrazine groups is 1. The number of nitrogens with two attached hydrogens (primary N) is 1. The number of esters is 1. The van der Waals surface area contributed by atoms with Gasteiger partial charge < -0.3 is 10.5 Å². The molecule has 0 radical (unpaired) electrons. The Balaban J connectivity index is 1.89. The van der Waals surface area contributed by atoms with Gasteiger partial charge in [0, 0.05) is 12.6 Å². The molecule has 7 nitrogen and oxygen atoms in total. The van der Waals surface area contributed by atoms with Gasteiger partial charge in [-0.3, -0.25) is 14.4 Å². The zero-order valence-electron chi connectivity index (χ0n) is 13.5. The van der Waals surface area contributed by atoms with E-state index in [0.717, 1.165) is 5.01 Å². The van der Waals surface area contributed by atoms with Crippen LogP contribution >= 0.6 is 0 Å². The van der Waals surface area contributed by atoms with Crippen LogP contribution in [0.2, 0.25) is 0 Å². The maximum absolute atomic E-state index is 12.1. The Labute approximate surface area is 134 Å². The maximum atomic E-state index is 12.1. The van der Waals surface area contributed by atoms with Gasteiger partial charge in [0.1, 0.15) is 5.60 Å². The number of benzene rings is 1. The summed E-state index contributed by atoms with van der Waals surface area (Å²) in [6, 6.07) is 6.01. The van der Waals surface area contributed by atoms with Crippen molar-refractivity contribution >= 4 is 17.8 Å². The van der Waals surface area contributed by atoms with Crippen molar-refractivity contribution in [3.05, 3.63) is 35.4 Å². The van der Waals surface area contributed by atoms with Crippen LogP contribution in [0.4, 0.5) is 0 Å². The lowest BCUT2D eigenvalue weighted by atomic mass is 10.1. The van der Waals surface area contributed by atoms with Crippen LogP contribution in [0.25, 0.3) is 0 Å². The monoisotopic (exact) mass is 319 g/mol. The fraction of sp³-hybridized carbons (Fsp3) is 0.438. The molecule has 2 amide bonds. The third-order valence-electron chi connectivity index (χ3n) is 3.15. The molecule has 1 aliphatic heterocycles. The number of carbonyl (C=O) groups is 3. The van der Waals surface area contributed by atoms with E-state index in [4.69, 9.17) is 10.5 Å². The number of nitrogens with one attached hydrogen (secondary N) is 1. The largest absolute Gasteiger partial charge is 0.460 e. The third kappa shape index (κ3) is 4.14. The Kier molecular flexibility index (Phi) is 4.82. The first kappa shape index (κ1) is 17.1. The molecule has 1 aromatic rings. The predicted octanol–water partition coefficient (Wildman–Crippen LogP) is 0.846. The van der Waals surface area contributed by atoms with Crippen molar-refractivity contribution in [2.75, 3.05) is 6.54 Å². The Hall–Kier alpha value is -2.25. The molecule has 2 rings (SSSR count). The highest BCUT2D eigenvalue weighted by atomic mass is 16.6. The van der Waals surface area contributed by atoms with Gasteiger partial charge in [-0.1, -0.05) is 12.1 Å². The van der Waals surface area contributed by atoms with E-state index in [2.05, 4.69) is 5.43 Å². The second kappa shape index (κ2) is 6.47. The van der Waals surface area contributed by atoms with Gasteiger partial charge in [0.15, 0.2) is 0 Å². The minimum Gasteiger partial charge on any atom is -0.460 e. The number of nitrogens with zero attached hydrogens (tertiary/aromatic N) is 1. The van der Waals surface area contributed by atoms with Crippen molar-refractivity contribution in [3.8, 4) is 0 Å². The summed E-state index contributed by atoms with van der Waals surface area (Å²) in [6.45, 7) is 5.42. The lowest BCUT2D eigenvalue weighted by Crippen LogP contribution is -2.48. The molecule has 1 heterocycles. The van der Waals surface area contributed by atoms with E-state index in [9.17, 15) is 14.4 Å². The Morgan fingerprint density at radius 1 is 1.22 bits per heavy atom. The minimum absolute atomic E-state index is 0.00651. The van der Waals surface area contributed by atoms with E-state index >= 15 is 0 Å². The molecule has 1 aromatic carbocycles. The molecule has 7 heteroatoms. The van der Waals surface area contributed by atoms with E-state index in [1.807, 2.05) is 0 Å². The van der Waals surface area contributed by atoms with E-state index in [0.29, 0.717) is 11.1 Å². The van der Waals surface area contributed by atoms with E-state index in [1.165, 1.54) is 0 Å². The zero-order chi connectivity index (χ0) is 17.2. The van der Waals surface area contributed by atoms with Gasteiger partial charge in [-0.15, -0.1) is 0 Å². The van der Waals surface area contributed by atoms with E-state index < -0.39 is 29.4 Å². The van der Waals surface area contributed by atoms with E-state index in [-0.39, 0.29) is 13.0 Å². The van der Waals surface area contributed by atoms with Gasteiger partial charge in [-0.25, -0.2) is 10.4 Å². The first-order chi connectivity index (χ1) is 10.7. The molecule has 0 unspecified atom stereocenters. The van der Waals surface area contributed by atoms with Crippen LogP contribution in [0.1, 0.15) is 47.9 Å². The maximum Gasteiger partial charge on any atom is 0.307 e. The molecular formula is C16H21N3O4. The van der Waals surface area contributed by atoms with Gasteiger partial charge in [0.2, 0.25) is 0 Å². The van der Waals surface area contributed by atoms with E-state index in [1.54, 1.807) is 45.0 Å². The molecular weight excluding hydrogens is 298 g/mol. The smallest absolute Gasteiger partial charge is 0.307 e. The van der Waals surface area contributed by atoms with Crippen LogP contribution in [0.3, 0.4) is 0 Å². The Morgan fingerprint density at radius 2 is 1.74 bits per heavy atom. The van der Waals surface area contributed by atoms with Gasteiger partial charge in [-0.2, -0.15) is 0 Å². The number of rotatable bonds is 5. The van der Waals surface area contributed by atoms with Crippen LogP contribution in [-0.4, -0.2) is 41.0 Å². The van der Waals surface area contributed by atoms with Crippen molar-refractivity contribution in [2.24, 2.45) is 5.73 Å².